The highest BCUT2D eigenvalue weighted by Crippen LogP contribution is 2.46. The van der Waals surface area contributed by atoms with Crippen LogP contribution in [0.2, 0.25) is 0 Å². The summed E-state index contributed by atoms with van der Waals surface area (Å²) < 4.78 is 60.3. The fraction of sp³-hybridized carbons (Fsp3) is 0.429. The number of halogens is 4. The summed E-state index contributed by atoms with van der Waals surface area (Å²) in [5, 5.41) is 3.24. The van der Waals surface area contributed by atoms with Crippen LogP contribution in [0.15, 0.2) is 48.5 Å². The minimum atomic E-state index is -2.69. The fourth-order valence-electron chi connectivity index (χ4n) is 10.2. The molecule has 0 bridgehead atoms. The molecule has 15 heteroatoms. The fourth-order valence-corrected chi connectivity index (χ4v) is 10.2. The monoisotopic (exact) mass is 783 g/mol. The smallest absolute Gasteiger partial charge is 0.255 e. The molecular formula is C42H41F4N7O4. The SMILES string of the molecule is C[C@@H]1Cc2c([nH]c3ccccc23)C(c2c(F)cc(N3CC4(CCN4CC(=O)N4Cc5cc6c(cc5C4)C(=O)N(C4CCC(=O)NC4=O)C6)C3)cc2F)N1CC(F)F. The molecule has 2 unspecified atom stereocenters. The van der Waals surface area contributed by atoms with E-state index >= 15 is 8.78 Å². The van der Waals surface area contributed by atoms with Crippen LogP contribution < -0.4 is 10.2 Å². The number of carbonyl (C=O) groups excluding carboxylic acids is 4. The molecule has 4 amide bonds. The molecule has 57 heavy (non-hydrogen) atoms. The van der Waals surface area contributed by atoms with Crippen LogP contribution >= 0.6 is 0 Å². The van der Waals surface area contributed by atoms with Gasteiger partial charge in [-0.1, -0.05) is 24.3 Å². The first-order chi connectivity index (χ1) is 27.4. The van der Waals surface area contributed by atoms with Gasteiger partial charge in [0.05, 0.1) is 24.7 Å². The van der Waals surface area contributed by atoms with Crippen molar-refractivity contribution in [2.75, 3.05) is 37.6 Å². The number of H-pyrrole nitrogens is 1. The van der Waals surface area contributed by atoms with E-state index in [1.54, 1.807) is 4.90 Å². The lowest BCUT2D eigenvalue weighted by Crippen LogP contribution is -2.77. The molecule has 6 aliphatic rings. The van der Waals surface area contributed by atoms with Crippen LogP contribution in [0.5, 0.6) is 0 Å². The van der Waals surface area contributed by atoms with E-state index in [1.165, 1.54) is 21.9 Å². The van der Waals surface area contributed by atoms with E-state index in [-0.39, 0.29) is 54.4 Å². The van der Waals surface area contributed by atoms with E-state index in [0.29, 0.717) is 62.5 Å². The third-order valence-electron chi connectivity index (χ3n) is 13.3. The van der Waals surface area contributed by atoms with Gasteiger partial charge in [0.2, 0.25) is 17.7 Å². The minimum Gasteiger partial charge on any atom is -0.368 e. The number of amides is 4. The Labute approximate surface area is 325 Å². The molecule has 3 saturated heterocycles. The van der Waals surface area contributed by atoms with Crippen LogP contribution in [0.1, 0.15) is 76.1 Å². The quantitative estimate of drug-likeness (QED) is 0.208. The van der Waals surface area contributed by atoms with Crippen molar-refractivity contribution in [2.24, 2.45) is 0 Å². The molecule has 3 fully saturated rings. The number of benzene rings is 3. The largest absolute Gasteiger partial charge is 0.368 e. The summed E-state index contributed by atoms with van der Waals surface area (Å²) in [5.74, 6) is -2.67. The van der Waals surface area contributed by atoms with Gasteiger partial charge in [0, 0.05) is 85.1 Å². The molecule has 11 nitrogen and oxygen atoms in total. The Balaban J connectivity index is 0.809. The molecule has 0 aliphatic carbocycles. The Morgan fingerprint density at radius 1 is 0.965 bits per heavy atom. The molecule has 6 aliphatic heterocycles. The number of hydrogen-bond donors (Lipinski definition) is 2. The lowest BCUT2D eigenvalue weighted by atomic mass is 9.77. The van der Waals surface area contributed by atoms with E-state index in [9.17, 15) is 28.0 Å². The van der Waals surface area contributed by atoms with Crippen LogP contribution in [0.4, 0.5) is 23.2 Å². The minimum absolute atomic E-state index is 0.0479. The first-order valence-electron chi connectivity index (χ1n) is 19.6. The molecule has 1 aromatic heterocycles. The number of aromatic nitrogens is 1. The Morgan fingerprint density at radius 2 is 1.70 bits per heavy atom. The number of carbonyl (C=O) groups is 4. The normalized spacial score (nSPS) is 24.2. The number of imide groups is 1. The number of nitrogens with one attached hydrogen (secondary N) is 2. The van der Waals surface area contributed by atoms with E-state index in [4.69, 9.17) is 0 Å². The Kier molecular flexibility index (Phi) is 8.31. The van der Waals surface area contributed by atoms with Crippen molar-refractivity contribution in [3.05, 3.63) is 99.2 Å². The van der Waals surface area contributed by atoms with E-state index in [2.05, 4.69) is 15.2 Å². The van der Waals surface area contributed by atoms with Gasteiger partial charge in [-0.3, -0.25) is 34.3 Å². The molecule has 296 valence electrons. The topological polar surface area (TPSA) is 112 Å². The average Bonchev–Trinajstić information content (AvgIpc) is 3.82. The summed E-state index contributed by atoms with van der Waals surface area (Å²) in [6.45, 7) is 4.11. The van der Waals surface area contributed by atoms with Crippen LogP contribution in [-0.4, -0.2) is 105 Å². The number of alkyl halides is 2. The van der Waals surface area contributed by atoms with Crippen molar-refractivity contribution < 1.29 is 36.7 Å². The van der Waals surface area contributed by atoms with Crippen LogP contribution in [-0.2, 0) is 40.4 Å². The maximum Gasteiger partial charge on any atom is 0.255 e. The van der Waals surface area contributed by atoms with Gasteiger partial charge < -0.3 is 19.7 Å². The zero-order chi connectivity index (χ0) is 39.5. The van der Waals surface area contributed by atoms with Crippen LogP contribution in [0, 0.1) is 11.6 Å². The predicted molar refractivity (Wildman–Crippen MR) is 200 cm³/mol. The van der Waals surface area contributed by atoms with Crippen molar-refractivity contribution in [1.29, 1.82) is 0 Å². The highest BCUT2D eigenvalue weighted by Gasteiger charge is 2.54. The van der Waals surface area contributed by atoms with Gasteiger partial charge in [0.1, 0.15) is 17.7 Å². The number of anilines is 1. The lowest BCUT2D eigenvalue weighted by molar-refractivity contribution is -0.139. The van der Waals surface area contributed by atoms with E-state index in [1.807, 2.05) is 48.2 Å². The van der Waals surface area contributed by atoms with Gasteiger partial charge in [0.25, 0.3) is 12.3 Å². The molecule has 1 spiro atoms. The van der Waals surface area contributed by atoms with Crippen molar-refractivity contribution in [3.8, 4) is 0 Å². The summed E-state index contributed by atoms with van der Waals surface area (Å²) in [7, 11) is 0. The number of piperidine rings is 1. The average molecular weight is 784 g/mol. The summed E-state index contributed by atoms with van der Waals surface area (Å²) in [5.41, 5.74) is 5.20. The third kappa shape index (κ3) is 5.75. The van der Waals surface area contributed by atoms with Gasteiger partial charge in [-0.05, 0) is 72.7 Å². The van der Waals surface area contributed by atoms with Crippen molar-refractivity contribution in [2.45, 2.75) is 82.3 Å². The number of para-hydroxylation sites is 1. The first-order valence-corrected chi connectivity index (χ1v) is 19.6. The molecule has 3 aromatic carbocycles. The van der Waals surface area contributed by atoms with Gasteiger partial charge in [-0.15, -0.1) is 0 Å². The molecule has 7 heterocycles. The van der Waals surface area contributed by atoms with Crippen molar-refractivity contribution in [1.82, 2.24) is 29.9 Å². The second-order valence-electron chi connectivity index (χ2n) is 16.6. The van der Waals surface area contributed by atoms with Gasteiger partial charge in [-0.25, -0.2) is 17.6 Å². The molecule has 3 atom stereocenters. The highest BCUT2D eigenvalue weighted by molar-refractivity contribution is 6.05. The maximum atomic E-state index is 16.3. The third-order valence-corrected chi connectivity index (χ3v) is 13.3. The maximum absolute atomic E-state index is 16.3. The van der Waals surface area contributed by atoms with Crippen LogP contribution in [0.25, 0.3) is 10.9 Å². The number of hydrogen-bond acceptors (Lipinski definition) is 7. The first kappa shape index (κ1) is 36.1. The highest BCUT2D eigenvalue weighted by atomic mass is 19.3. The zero-order valence-electron chi connectivity index (χ0n) is 31.3. The summed E-state index contributed by atoms with van der Waals surface area (Å²) in [6.07, 6.45) is -0.902. The molecule has 4 aromatic rings. The molecule has 0 saturated carbocycles. The standard InChI is InChI=1S/C42H41F4N7O4/c1-22-10-29-27-4-2-3-5-32(27)47-38(29)39(52(22)18-34(45)46)37-30(43)13-26(14-31(37)44)50-20-42(21-50)8-9-51(42)19-36(55)49-15-23-11-25-17-53(33-6-7-35(54)48-40(33)56)41(57)28(25)12-24(23)16-49/h2-5,11-14,22,33-34,39,47H,6-10,15-21H2,1H3,(H,48,54,56)/t22-,33?,39?/m1/s1. The number of nitrogens with zero attached hydrogens (tertiary/aromatic N) is 5. The molecule has 2 N–H and O–H groups in total. The summed E-state index contributed by atoms with van der Waals surface area (Å²) >= 11 is 0. The number of aromatic amines is 1. The second kappa shape index (κ2) is 13.1. The van der Waals surface area contributed by atoms with Crippen LogP contribution in [0.3, 0.4) is 0 Å². The lowest BCUT2D eigenvalue weighted by Gasteiger charge is -2.63. The number of likely N-dealkylation sites (tertiary alicyclic amines) is 1. The molecular weight excluding hydrogens is 742 g/mol. The zero-order valence-corrected chi connectivity index (χ0v) is 31.3. The Hall–Kier alpha value is -5.28. The van der Waals surface area contributed by atoms with Crippen molar-refractivity contribution >= 4 is 40.2 Å². The van der Waals surface area contributed by atoms with Gasteiger partial charge in [0.15, 0.2) is 0 Å². The number of fused-ring (bicyclic) bond motifs is 5. The predicted octanol–water partition coefficient (Wildman–Crippen LogP) is 4.62. The molecule has 10 rings (SSSR count). The van der Waals surface area contributed by atoms with Crippen molar-refractivity contribution in [3.63, 3.8) is 0 Å². The van der Waals surface area contributed by atoms with E-state index in [0.717, 1.165) is 39.6 Å². The summed E-state index contributed by atoms with van der Waals surface area (Å²) in [4.78, 5) is 63.2. The Morgan fingerprint density at radius 3 is 2.40 bits per heavy atom. The van der Waals surface area contributed by atoms with Gasteiger partial charge >= 0.3 is 0 Å². The Bertz CT molecular complexity index is 2370. The van der Waals surface area contributed by atoms with Gasteiger partial charge in [-0.2, -0.15) is 0 Å². The number of rotatable bonds is 7. The summed E-state index contributed by atoms with van der Waals surface area (Å²) in [6, 6.07) is 11.8. The molecule has 0 radical (unpaired) electrons. The second-order valence-corrected chi connectivity index (χ2v) is 16.6. The van der Waals surface area contributed by atoms with E-state index < -0.39 is 42.6 Å².